The largest absolute Gasteiger partial charge is 0.326 e. The Kier molecular flexibility index (Phi) is 4.88. The van der Waals surface area contributed by atoms with Gasteiger partial charge in [-0.1, -0.05) is 31.6 Å². The summed E-state index contributed by atoms with van der Waals surface area (Å²) in [5, 5.41) is 5.90. The Hall–Kier alpha value is -2.10. The number of aryl methyl sites for hydroxylation is 1. The molecule has 4 nitrogen and oxygen atoms in total. The van der Waals surface area contributed by atoms with Crippen LogP contribution in [0.15, 0.2) is 23.8 Å². The van der Waals surface area contributed by atoms with E-state index in [-0.39, 0.29) is 29.1 Å². The van der Waals surface area contributed by atoms with E-state index in [1.54, 1.807) is 0 Å². The van der Waals surface area contributed by atoms with Crippen molar-refractivity contribution in [2.45, 2.75) is 48.5 Å². The first kappa shape index (κ1) is 18.2. The van der Waals surface area contributed by atoms with Gasteiger partial charge in [-0.2, -0.15) is 0 Å². The minimum Gasteiger partial charge on any atom is -0.326 e. The zero-order valence-electron chi connectivity index (χ0n) is 15.7. The molecular weight excluding hydrogens is 300 g/mol. The van der Waals surface area contributed by atoms with E-state index in [0.29, 0.717) is 0 Å². The molecule has 0 bridgehead atoms. The maximum Gasteiger partial charge on any atom is 0.228 e. The summed E-state index contributed by atoms with van der Waals surface area (Å²) in [6.07, 6.45) is 2.19. The predicted octanol–water partition coefficient (Wildman–Crippen LogP) is 4.44. The molecule has 130 valence electrons. The summed E-state index contributed by atoms with van der Waals surface area (Å²) in [6, 6.07) is 3.82. The summed E-state index contributed by atoms with van der Waals surface area (Å²) in [5.41, 5.74) is 4.62. The number of hydrogen-bond acceptors (Lipinski definition) is 2. The normalized spacial score (nSPS) is 21.0. The summed E-state index contributed by atoms with van der Waals surface area (Å²) in [6.45, 7) is 13.7. The van der Waals surface area contributed by atoms with Gasteiger partial charge in [0.1, 0.15) is 0 Å². The maximum atomic E-state index is 12.7. The van der Waals surface area contributed by atoms with Crippen LogP contribution in [0.5, 0.6) is 0 Å². The van der Waals surface area contributed by atoms with E-state index in [9.17, 15) is 9.59 Å². The van der Waals surface area contributed by atoms with Gasteiger partial charge in [0.05, 0.1) is 5.92 Å². The first-order chi connectivity index (χ1) is 11.1. The fourth-order valence-corrected chi connectivity index (χ4v) is 3.41. The molecule has 1 aliphatic rings. The van der Waals surface area contributed by atoms with Gasteiger partial charge in [0, 0.05) is 18.3 Å². The summed E-state index contributed by atoms with van der Waals surface area (Å²) in [7, 11) is 0. The second kappa shape index (κ2) is 6.42. The smallest absolute Gasteiger partial charge is 0.228 e. The molecule has 4 heteroatoms. The zero-order valence-corrected chi connectivity index (χ0v) is 15.7. The molecule has 1 fully saturated rings. The van der Waals surface area contributed by atoms with Crippen LogP contribution in [0.3, 0.4) is 0 Å². The van der Waals surface area contributed by atoms with Crippen LogP contribution in [0.25, 0.3) is 0 Å². The monoisotopic (exact) mass is 328 g/mol. The molecule has 1 saturated carbocycles. The topological polar surface area (TPSA) is 58.2 Å². The van der Waals surface area contributed by atoms with Crippen LogP contribution in [-0.2, 0) is 9.59 Å². The van der Waals surface area contributed by atoms with Crippen LogP contribution in [0, 0.1) is 31.1 Å². The van der Waals surface area contributed by atoms with Crippen molar-refractivity contribution in [3.63, 3.8) is 0 Å². The van der Waals surface area contributed by atoms with Gasteiger partial charge >= 0.3 is 0 Å². The number of rotatable bonds is 4. The number of hydrogen-bond donors (Lipinski definition) is 2. The fraction of sp³-hybridized carbons (Fsp3) is 0.500. The Bertz CT molecular complexity index is 713. The van der Waals surface area contributed by atoms with Gasteiger partial charge < -0.3 is 10.6 Å². The highest BCUT2D eigenvalue weighted by atomic mass is 16.2. The molecule has 0 heterocycles. The number of allylic oxidation sites excluding steroid dienone is 2. The highest BCUT2D eigenvalue weighted by molar-refractivity contribution is 5.98. The van der Waals surface area contributed by atoms with Crippen molar-refractivity contribution in [2.24, 2.45) is 17.3 Å². The second-order valence-corrected chi connectivity index (χ2v) is 7.67. The Morgan fingerprint density at radius 3 is 2.25 bits per heavy atom. The Balaban J connectivity index is 2.22. The number of nitrogens with one attached hydrogen (secondary N) is 2. The third-order valence-electron chi connectivity index (χ3n) is 4.94. The molecule has 24 heavy (non-hydrogen) atoms. The average molecular weight is 328 g/mol. The van der Waals surface area contributed by atoms with E-state index in [2.05, 4.69) is 44.4 Å². The van der Waals surface area contributed by atoms with E-state index in [0.717, 1.165) is 22.5 Å². The van der Waals surface area contributed by atoms with Crippen LogP contribution >= 0.6 is 0 Å². The summed E-state index contributed by atoms with van der Waals surface area (Å²) in [5.74, 6) is 0.195. The maximum absolute atomic E-state index is 12.7. The van der Waals surface area contributed by atoms with Crippen LogP contribution in [0.1, 0.15) is 45.7 Å². The van der Waals surface area contributed by atoms with Gasteiger partial charge in [0.2, 0.25) is 11.8 Å². The van der Waals surface area contributed by atoms with Crippen LogP contribution in [0.4, 0.5) is 11.4 Å². The first-order valence-electron chi connectivity index (χ1n) is 8.39. The quantitative estimate of drug-likeness (QED) is 0.803. The lowest BCUT2D eigenvalue weighted by Gasteiger charge is -2.15. The highest BCUT2D eigenvalue weighted by Gasteiger charge is 2.60. The van der Waals surface area contributed by atoms with Crippen LogP contribution in [-0.4, -0.2) is 11.8 Å². The van der Waals surface area contributed by atoms with E-state index in [1.165, 1.54) is 12.5 Å². The lowest BCUT2D eigenvalue weighted by molar-refractivity contribution is -0.118. The molecular formula is C20H28N2O2. The number of benzene rings is 1. The zero-order chi connectivity index (χ0) is 18.2. The van der Waals surface area contributed by atoms with Crippen LogP contribution in [0.2, 0.25) is 0 Å². The number of anilines is 2. The van der Waals surface area contributed by atoms with Crippen molar-refractivity contribution >= 4 is 23.2 Å². The van der Waals surface area contributed by atoms with Crippen molar-refractivity contribution in [3.8, 4) is 0 Å². The van der Waals surface area contributed by atoms with E-state index < -0.39 is 0 Å². The third-order valence-corrected chi connectivity index (χ3v) is 4.94. The van der Waals surface area contributed by atoms with Crippen LogP contribution < -0.4 is 10.6 Å². The number of carbonyl (C=O) groups is 2. The fourth-order valence-electron chi connectivity index (χ4n) is 3.41. The molecule has 1 aliphatic carbocycles. The molecule has 2 atom stereocenters. The van der Waals surface area contributed by atoms with E-state index in [4.69, 9.17) is 0 Å². The standard InChI is InChI=1S/C20H28N2O2/c1-11(2)10-15-17(20(15,6)7)19(24)22-16-9-8-12(3)18(13(16)4)21-14(5)23/h8-10,15,17H,1-7H3,(H,21,23)(H,22,24)/t15-,17+/m0/s1. The molecule has 1 aromatic rings. The summed E-state index contributed by atoms with van der Waals surface area (Å²) in [4.78, 5) is 24.1. The van der Waals surface area contributed by atoms with Crippen molar-refractivity contribution < 1.29 is 9.59 Å². The van der Waals surface area contributed by atoms with Gasteiger partial charge in [-0.25, -0.2) is 0 Å². The van der Waals surface area contributed by atoms with Gasteiger partial charge in [-0.05, 0) is 56.2 Å². The van der Waals surface area contributed by atoms with Gasteiger partial charge in [-0.15, -0.1) is 0 Å². The SMILES string of the molecule is CC(=O)Nc1c(C)ccc(NC(=O)[C@H]2[C@H](C=C(C)C)C2(C)C)c1C. The summed E-state index contributed by atoms with van der Waals surface area (Å²) >= 11 is 0. The first-order valence-corrected chi connectivity index (χ1v) is 8.39. The molecule has 0 spiro atoms. The van der Waals surface area contributed by atoms with Gasteiger partial charge in [0.25, 0.3) is 0 Å². The van der Waals surface area contributed by atoms with Crippen molar-refractivity contribution in [3.05, 3.63) is 34.9 Å². The Morgan fingerprint density at radius 1 is 1.08 bits per heavy atom. The van der Waals surface area contributed by atoms with Crippen molar-refractivity contribution in [2.75, 3.05) is 10.6 Å². The average Bonchev–Trinajstić information content (AvgIpc) is 2.98. The minimum atomic E-state index is -0.114. The predicted molar refractivity (Wildman–Crippen MR) is 99.0 cm³/mol. The molecule has 0 radical (unpaired) electrons. The van der Waals surface area contributed by atoms with E-state index in [1.807, 2.05) is 26.0 Å². The molecule has 1 aromatic carbocycles. The lowest BCUT2D eigenvalue weighted by atomic mass is 10.1. The highest BCUT2D eigenvalue weighted by Crippen LogP contribution is 2.59. The number of carbonyl (C=O) groups excluding carboxylic acids is 2. The van der Waals surface area contributed by atoms with E-state index >= 15 is 0 Å². The second-order valence-electron chi connectivity index (χ2n) is 7.67. The van der Waals surface area contributed by atoms with Gasteiger partial charge in [0.15, 0.2) is 0 Å². The molecule has 2 rings (SSSR count). The Morgan fingerprint density at radius 2 is 1.71 bits per heavy atom. The molecule has 0 aliphatic heterocycles. The van der Waals surface area contributed by atoms with Crippen molar-refractivity contribution in [1.29, 1.82) is 0 Å². The van der Waals surface area contributed by atoms with Crippen molar-refractivity contribution in [1.82, 2.24) is 0 Å². The molecule has 0 saturated heterocycles. The lowest BCUT2D eigenvalue weighted by Crippen LogP contribution is -2.18. The Labute approximate surface area is 144 Å². The number of amides is 2. The van der Waals surface area contributed by atoms with Gasteiger partial charge in [-0.3, -0.25) is 9.59 Å². The summed E-state index contributed by atoms with van der Waals surface area (Å²) < 4.78 is 0. The molecule has 0 unspecified atom stereocenters. The molecule has 0 aromatic heterocycles. The molecule has 2 N–H and O–H groups in total. The minimum absolute atomic E-state index is 0.0135. The molecule has 2 amide bonds. The third kappa shape index (κ3) is 3.53.